The van der Waals surface area contributed by atoms with Gasteiger partial charge in [0.25, 0.3) is 0 Å². The number of hydrogen-bond acceptors (Lipinski definition) is 5. The molecule has 140 valence electrons. The number of hydrogen-bond donors (Lipinski definition) is 0. The van der Waals surface area contributed by atoms with Crippen LogP contribution in [0, 0.1) is 12.8 Å². The standard InChI is InChI=1S/C18H27NO5S/c1-13(2)24-17-5-4-16(12-14(17)3)25(20,21)19-8-6-15(7-9-19)18-22-10-11-23-18/h4-5,12-13,15,18H,6-11H2,1-3H3. The highest BCUT2D eigenvalue weighted by Crippen LogP contribution is 2.30. The molecule has 25 heavy (non-hydrogen) atoms. The fraction of sp³-hybridized carbons (Fsp3) is 0.667. The Kier molecular flexibility index (Phi) is 5.68. The monoisotopic (exact) mass is 369 g/mol. The van der Waals surface area contributed by atoms with E-state index in [9.17, 15) is 8.42 Å². The van der Waals surface area contributed by atoms with Gasteiger partial charge in [0.15, 0.2) is 6.29 Å². The number of nitrogens with zero attached hydrogens (tertiary/aromatic N) is 1. The van der Waals surface area contributed by atoms with Crippen LogP contribution in [0.25, 0.3) is 0 Å². The zero-order chi connectivity index (χ0) is 18.0. The SMILES string of the molecule is Cc1cc(S(=O)(=O)N2CCC(C3OCCO3)CC2)ccc1OC(C)C. The highest BCUT2D eigenvalue weighted by atomic mass is 32.2. The van der Waals surface area contributed by atoms with E-state index in [0.717, 1.165) is 24.2 Å². The van der Waals surface area contributed by atoms with Crippen molar-refractivity contribution < 1.29 is 22.6 Å². The molecule has 1 aromatic rings. The second-order valence-corrected chi connectivity index (χ2v) is 8.88. The molecule has 2 aliphatic heterocycles. The lowest BCUT2D eigenvalue weighted by Gasteiger charge is -2.33. The van der Waals surface area contributed by atoms with Crippen LogP contribution in [-0.4, -0.2) is 51.4 Å². The van der Waals surface area contributed by atoms with Gasteiger partial charge in [-0.2, -0.15) is 4.31 Å². The molecule has 0 N–H and O–H groups in total. The van der Waals surface area contributed by atoms with Crippen LogP contribution in [0.4, 0.5) is 0 Å². The number of piperidine rings is 1. The lowest BCUT2D eigenvalue weighted by Crippen LogP contribution is -2.41. The Hall–Kier alpha value is -1.15. The number of ether oxygens (including phenoxy) is 3. The van der Waals surface area contributed by atoms with Crippen LogP contribution in [0.1, 0.15) is 32.3 Å². The van der Waals surface area contributed by atoms with E-state index in [1.54, 1.807) is 22.5 Å². The lowest BCUT2D eigenvalue weighted by molar-refractivity contribution is -0.0938. The van der Waals surface area contributed by atoms with Gasteiger partial charge in [-0.3, -0.25) is 0 Å². The maximum atomic E-state index is 12.9. The molecule has 2 saturated heterocycles. The van der Waals surface area contributed by atoms with Crippen molar-refractivity contribution in [2.75, 3.05) is 26.3 Å². The molecule has 0 aliphatic carbocycles. The maximum absolute atomic E-state index is 12.9. The highest BCUT2D eigenvalue weighted by molar-refractivity contribution is 7.89. The third-order valence-corrected chi connectivity index (χ3v) is 6.57. The number of benzene rings is 1. The first-order valence-corrected chi connectivity index (χ1v) is 10.3. The topological polar surface area (TPSA) is 65.1 Å². The van der Waals surface area contributed by atoms with Gasteiger partial charge in [-0.05, 0) is 57.4 Å². The van der Waals surface area contributed by atoms with E-state index in [-0.39, 0.29) is 18.3 Å². The Bertz CT molecular complexity index is 689. The minimum absolute atomic E-state index is 0.0558. The van der Waals surface area contributed by atoms with Crippen LogP contribution in [-0.2, 0) is 19.5 Å². The van der Waals surface area contributed by atoms with Gasteiger partial charge in [0.1, 0.15) is 5.75 Å². The van der Waals surface area contributed by atoms with Gasteiger partial charge in [-0.1, -0.05) is 0 Å². The first-order valence-electron chi connectivity index (χ1n) is 8.88. The molecular weight excluding hydrogens is 342 g/mol. The smallest absolute Gasteiger partial charge is 0.243 e. The molecule has 7 heteroatoms. The molecular formula is C18H27NO5S. The van der Waals surface area contributed by atoms with Crippen LogP contribution >= 0.6 is 0 Å². The van der Waals surface area contributed by atoms with Crippen molar-refractivity contribution in [1.82, 2.24) is 4.31 Å². The van der Waals surface area contributed by atoms with Crippen LogP contribution in [0.2, 0.25) is 0 Å². The minimum Gasteiger partial charge on any atom is -0.491 e. The van der Waals surface area contributed by atoms with Crippen molar-refractivity contribution in [1.29, 1.82) is 0 Å². The van der Waals surface area contributed by atoms with Crippen molar-refractivity contribution in [3.63, 3.8) is 0 Å². The van der Waals surface area contributed by atoms with Crippen LogP contribution in [0.3, 0.4) is 0 Å². The van der Waals surface area contributed by atoms with Crippen LogP contribution in [0.15, 0.2) is 23.1 Å². The van der Waals surface area contributed by atoms with E-state index in [1.165, 1.54) is 0 Å². The number of sulfonamides is 1. The fourth-order valence-corrected chi connectivity index (χ4v) is 4.91. The van der Waals surface area contributed by atoms with Gasteiger partial charge in [0.2, 0.25) is 10.0 Å². The molecule has 0 amide bonds. The molecule has 0 aromatic heterocycles. The molecule has 0 unspecified atom stereocenters. The summed E-state index contributed by atoms with van der Waals surface area (Å²) in [5, 5.41) is 0. The van der Waals surface area contributed by atoms with Gasteiger partial charge in [0.05, 0.1) is 24.2 Å². The predicted octanol–water partition coefficient (Wildman–Crippen LogP) is 2.56. The third kappa shape index (κ3) is 4.16. The molecule has 0 atom stereocenters. The highest BCUT2D eigenvalue weighted by Gasteiger charge is 2.34. The van der Waals surface area contributed by atoms with Gasteiger partial charge < -0.3 is 14.2 Å². The molecule has 0 spiro atoms. The first kappa shape index (κ1) is 18.6. The Labute approximate surface area is 150 Å². The molecule has 2 aliphatic rings. The number of aryl methyl sites for hydroxylation is 1. The summed E-state index contributed by atoms with van der Waals surface area (Å²) in [6.45, 7) is 8.04. The summed E-state index contributed by atoms with van der Waals surface area (Å²) in [6.07, 6.45) is 1.41. The Morgan fingerprint density at radius 2 is 1.80 bits per heavy atom. The number of rotatable bonds is 5. The van der Waals surface area contributed by atoms with E-state index < -0.39 is 10.0 Å². The van der Waals surface area contributed by atoms with Gasteiger partial charge in [-0.15, -0.1) is 0 Å². The minimum atomic E-state index is -3.48. The van der Waals surface area contributed by atoms with Crippen molar-refractivity contribution in [2.24, 2.45) is 5.92 Å². The first-order chi connectivity index (χ1) is 11.9. The fourth-order valence-electron chi connectivity index (χ4n) is 3.35. The Morgan fingerprint density at radius 3 is 2.36 bits per heavy atom. The summed E-state index contributed by atoms with van der Waals surface area (Å²) < 4.78 is 44.2. The zero-order valence-corrected chi connectivity index (χ0v) is 15.9. The zero-order valence-electron chi connectivity index (χ0n) is 15.1. The molecule has 2 heterocycles. The molecule has 3 rings (SSSR count). The summed E-state index contributed by atoms with van der Waals surface area (Å²) >= 11 is 0. The Balaban J connectivity index is 1.68. The van der Waals surface area contributed by atoms with E-state index in [1.807, 2.05) is 20.8 Å². The summed E-state index contributed by atoms with van der Waals surface area (Å²) in [5.41, 5.74) is 0.831. The summed E-state index contributed by atoms with van der Waals surface area (Å²) in [5.74, 6) is 1.00. The van der Waals surface area contributed by atoms with Crippen LogP contribution < -0.4 is 4.74 Å². The van der Waals surface area contributed by atoms with Gasteiger partial charge in [0, 0.05) is 19.0 Å². The molecule has 0 radical (unpaired) electrons. The summed E-state index contributed by atoms with van der Waals surface area (Å²) in [6, 6.07) is 5.08. The van der Waals surface area contributed by atoms with Crippen molar-refractivity contribution in [2.45, 2.75) is 50.9 Å². The van der Waals surface area contributed by atoms with Gasteiger partial charge in [-0.25, -0.2) is 8.42 Å². The largest absolute Gasteiger partial charge is 0.491 e. The normalized spacial score (nSPS) is 21.1. The van der Waals surface area contributed by atoms with E-state index in [2.05, 4.69) is 0 Å². The van der Waals surface area contributed by atoms with E-state index in [0.29, 0.717) is 31.2 Å². The van der Waals surface area contributed by atoms with Crippen molar-refractivity contribution >= 4 is 10.0 Å². The average Bonchev–Trinajstić information content (AvgIpc) is 3.11. The predicted molar refractivity (Wildman–Crippen MR) is 94.1 cm³/mol. The van der Waals surface area contributed by atoms with Crippen molar-refractivity contribution in [3.8, 4) is 5.75 Å². The molecule has 1 aromatic carbocycles. The maximum Gasteiger partial charge on any atom is 0.243 e. The quantitative estimate of drug-likeness (QED) is 0.798. The van der Waals surface area contributed by atoms with E-state index in [4.69, 9.17) is 14.2 Å². The molecule has 0 saturated carbocycles. The Morgan fingerprint density at radius 1 is 1.16 bits per heavy atom. The molecule has 6 nitrogen and oxygen atoms in total. The summed E-state index contributed by atoms with van der Waals surface area (Å²) in [7, 11) is -3.48. The van der Waals surface area contributed by atoms with E-state index >= 15 is 0 Å². The van der Waals surface area contributed by atoms with Gasteiger partial charge >= 0.3 is 0 Å². The van der Waals surface area contributed by atoms with Crippen molar-refractivity contribution in [3.05, 3.63) is 23.8 Å². The average molecular weight is 369 g/mol. The second kappa shape index (κ2) is 7.61. The summed E-state index contributed by atoms with van der Waals surface area (Å²) in [4.78, 5) is 0.327. The lowest BCUT2D eigenvalue weighted by atomic mass is 9.98. The van der Waals surface area contributed by atoms with Crippen LogP contribution in [0.5, 0.6) is 5.75 Å². The molecule has 2 fully saturated rings. The second-order valence-electron chi connectivity index (χ2n) is 6.95. The third-order valence-electron chi connectivity index (χ3n) is 4.68. The molecule has 0 bridgehead atoms.